The average molecular weight is 301 g/mol. The van der Waals surface area contributed by atoms with Crippen molar-refractivity contribution in [3.63, 3.8) is 0 Å². The largest absolute Gasteiger partial charge is 0.369 e. The highest BCUT2D eigenvalue weighted by Gasteiger charge is 2.17. The summed E-state index contributed by atoms with van der Waals surface area (Å²) in [5, 5.41) is 0. The van der Waals surface area contributed by atoms with E-state index in [0.717, 1.165) is 32.7 Å². The third-order valence-electron chi connectivity index (χ3n) is 4.08. The molecule has 21 heavy (non-hydrogen) atoms. The summed E-state index contributed by atoms with van der Waals surface area (Å²) in [5.41, 5.74) is 3.89. The predicted octanol–water partition coefficient (Wildman–Crippen LogP) is 3.75. The lowest BCUT2D eigenvalue weighted by molar-refractivity contribution is 0.250. The molecule has 0 unspecified atom stereocenters. The molecule has 0 radical (unpaired) electrons. The molecule has 0 atom stereocenters. The van der Waals surface area contributed by atoms with Crippen molar-refractivity contribution < 1.29 is 0 Å². The van der Waals surface area contributed by atoms with Crippen LogP contribution in [0.5, 0.6) is 0 Å². The van der Waals surface area contributed by atoms with Gasteiger partial charge in [0.1, 0.15) is 0 Å². The van der Waals surface area contributed by atoms with Gasteiger partial charge in [0.15, 0.2) is 0 Å². The Morgan fingerprint density at radius 1 is 0.762 bits per heavy atom. The summed E-state index contributed by atoms with van der Waals surface area (Å²) in [6.45, 7) is 5.47. The van der Waals surface area contributed by atoms with Gasteiger partial charge in [0.25, 0.3) is 0 Å². The molecule has 0 bridgehead atoms. The summed E-state index contributed by atoms with van der Waals surface area (Å²) >= 11 is 5.84. The van der Waals surface area contributed by atoms with Crippen LogP contribution in [0.3, 0.4) is 0 Å². The van der Waals surface area contributed by atoms with E-state index in [1.54, 1.807) is 0 Å². The second kappa shape index (κ2) is 6.97. The van der Waals surface area contributed by atoms with Crippen molar-refractivity contribution in [3.05, 3.63) is 65.7 Å². The minimum Gasteiger partial charge on any atom is -0.369 e. The van der Waals surface area contributed by atoms with Gasteiger partial charge in [0.2, 0.25) is 0 Å². The summed E-state index contributed by atoms with van der Waals surface area (Å²) < 4.78 is 0. The Bertz CT molecular complexity index is 545. The topological polar surface area (TPSA) is 6.48 Å². The SMILES string of the molecule is ClCc1ccc(N2CCN(Cc3ccccc3)CC2)cc1. The normalized spacial score (nSPS) is 16.1. The lowest BCUT2D eigenvalue weighted by Gasteiger charge is -2.36. The van der Waals surface area contributed by atoms with Crippen molar-refractivity contribution in [1.82, 2.24) is 4.90 Å². The number of rotatable bonds is 4. The fraction of sp³-hybridized carbons (Fsp3) is 0.333. The van der Waals surface area contributed by atoms with E-state index in [0.29, 0.717) is 5.88 Å². The molecular formula is C18H21ClN2. The molecule has 0 saturated carbocycles. The first kappa shape index (κ1) is 14.4. The molecule has 110 valence electrons. The molecule has 1 aliphatic heterocycles. The zero-order valence-electron chi connectivity index (χ0n) is 12.2. The van der Waals surface area contributed by atoms with Gasteiger partial charge in [-0.25, -0.2) is 0 Å². The molecule has 3 heteroatoms. The summed E-state index contributed by atoms with van der Waals surface area (Å²) in [5.74, 6) is 0.588. The maximum Gasteiger partial charge on any atom is 0.0474 e. The molecule has 1 heterocycles. The van der Waals surface area contributed by atoms with Crippen LogP contribution >= 0.6 is 11.6 Å². The van der Waals surface area contributed by atoms with E-state index in [4.69, 9.17) is 11.6 Å². The van der Waals surface area contributed by atoms with Crippen molar-refractivity contribution in [2.45, 2.75) is 12.4 Å². The lowest BCUT2D eigenvalue weighted by Crippen LogP contribution is -2.45. The van der Waals surface area contributed by atoms with Crippen molar-refractivity contribution in [2.24, 2.45) is 0 Å². The Morgan fingerprint density at radius 2 is 1.43 bits per heavy atom. The van der Waals surface area contributed by atoms with Gasteiger partial charge in [-0.3, -0.25) is 4.90 Å². The van der Waals surface area contributed by atoms with Gasteiger partial charge in [-0.05, 0) is 23.3 Å². The number of alkyl halides is 1. The standard InChI is InChI=1S/C18H21ClN2/c19-14-16-6-8-18(9-7-16)21-12-10-20(11-13-21)15-17-4-2-1-3-5-17/h1-9H,10-15H2. The smallest absolute Gasteiger partial charge is 0.0474 e. The van der Waals surface area contributed by atoms with E-state index >= 15 is 0 Å². The van der Waals surface area contributed by atoms with Crippen molar-refractivity contribution >= 4 is 17.3 Å². The van der Waals surface area contributed by atoms with Crippen LogP contribution in [0.25, 0.3) is 0 Å². The molecule has 1 fully saturated rings. The molecule has 1 aliphatic rings. The average Bonchev–Trinajstić information content (AvgIpc) is 2.57. The van der Waals surface area contributed by atoms with E-state index in [9.17, 15) is 0 Å². The molecule has 0 aliphatic carbocycles. The first-order valence-electron chi connectivity index (χ1n) is 7.51. The highest BCUT2D eigenvalue weighted by atomic mass is 35.5. The number of hydrogen-bond donors (Lipinski definition) is 0. The summed E-state index contributed by atoms with van der Waals surface area (Å²) in [6, 6.07) is 19.3. The van der Waals surface area contributed by atoms with Gasteiger partial charge in [-0.2, -0.15) is 0 Å². The second-order valence-electron chi connectivity index (χ2n) is 5.55. The Balaban J connectivity index is 1.54. The number of anilines is 1. The van der Waals surface area contributed by atoms with E-state index in [1.165, 1.54) is 16.8 Å². The van der Waals surface area contributed by atoms with Crippen LogP contribution in [0, 0.1) is 0 Å². The van der Waals surface area contributed by atoms with Crippen LogP contribution in [0.15, 0.2) is 54.6 Å². The molecule has 1 saturated heterocycles. The van der Waals surface area contributed by atoms with Crippen LogP contribution < -0.4 is 4.90 Å². The lowest BCUT2D eigenvalue weighted by atomic mass is 10.1. The van der Waals surface area contributed by atoms with Crippen LogP contribution in [-0.4, -0.2) is 31.1 Å². The summed E-state index contributed by atoms with van der Waals surface area (Å²) in [7, 11) is 0. The number of nitrogens with zero attached hydrogens (tertiary/aromatic N) is 2. The minimum absolute atomic E-state index is 0.588. The molecule has 2 aromatic carbocycles. The highest BCUT2D eigenvalue weighted by molar-refractivity contribution is 6.17. The quantitative estimate of drug-likeness (QED) is 0.794. The Kier molecular flexibility index (Phi) is 4.79. The van der Waals surface area contributed by atoms with Gasteiger partial charge in [-0.1, -0.05) is 42.5 Å². The van der Waals surface area contributed by atoms with E-state index in [1.807, 2.05) is 0 Å². The third-order valence-corrected chi connectivity index (χ3v) is 4.39. The van der Waals surface area contributed by atoms with Crippen LogP contribution in [0.2, 0.25) is 0 Å². The Labute approximate surface area is 131 Å². The minimum atomic E-state index is 0.588. The molecule has 0 aromatic heterocycles. The second-order valence-corrected chi connectivity index (χ2v) is 5.82. The van der Waals surface area contributed by atoms with Crippen molar-refractivity contribution in [3.8, 4) is 0 Å². The molecule has 2 nitrogen and oxygen atoms in total. The molecule has 0 amide bonds. The fourth-order valence-corrected chi connectivity index (χ4v) is 2.98. The Hall–Kier alpha value is -1.51. The van der Waals surface area contributed by atoms with Gasteiger partial charge in [-0.15, -0.1) is 11.6 Å². The van der Waals surface area contributed by atoms with Gasteiger partial charge in [0.05, 0.1) is 0 Å². The van der Waals surface area contributed by atoms with Crippen LogP contribution in [0.1, 0.15) is 11.1 Å². The zero-order valence-corrected chi connectivity index (χ0v) is 13.0. The van der Waals surface area contributed by atoms with E-state index in [-0.39, 0.29) is 0 Å². The number of halogens is 1. The van der Waals surface area contributed by atoms with Crippen LogP contribution in [-0.2, 0) is 12.4 Å². The van der Waals surface area contributed by atoms with E-state index < -0.39 is 0 Å². The van der Waals surface area contributed by atoms with Crippen LogP contribution in [0.4, 0.5) is 5.69 Å². The molecular weight excluding hydrogens is 280 g/mol. The van der Waals surface area contributed by atoms with Gasteiger partial charge in [0, 0.05) is 44.3 Å². The van der Waals surface area contributed by atoms with Gasteiger partial charge < -0.3 is 4.90 Å². The molecule has 0 spiro atoms. The van der Waals surface area contributed by atoms with Crippen molar-refractivity contribution in [2.75, 3.05) is 31.1 Å². The third kappa shape index (κ3) is 3.78. The number of benzene rings is 2. The maximum absolute atomic E-state index is 5.84. The summed E-state index contributed by atoms with van der Waals surface area (Å²) in [4.78, 5) is 4.98. The van der Waals surface area contributed by atoms with Crippen molar-refractivity contribution in [1.29, 1.82) is 0 Å². The molecule has 2 aromatic rings. The zero-order chi connectivity index (χ0) is 14.5. The monoisotopic (exact) mass is 300 g/mol. The molecule has 0 N–H and O–H groups in total. The van der Waals surface area contributed by atoms with Gasteiger partial charge >= 0.3 is 0 Å². The maximum atomic E-state index is 5.84. The van der Waals surface area contributed by atoms with E-state index in [2.05, 4.69) is 64.4 Å². The first-order valence-corrected chi connectivity index (χ1v) is 8.05. The predicted molar refractivity (Wildman–Crippen MR) is 89.9 cm³/mol. The highest BCUT2D eigenvalue weighted by Crippen LogP contribution is 2.18. The summed E-state index contributed by atoms with van der Waals surface area (Å²) in [6.07, 6.45) is 0. The first-order chi connectivity index (χ1) is 10.3. The number of piperazine rings is 1. The fourth-order valence-electron chi connectivity index (χ4n) is 2.80. The number of hydrogen-bond acceptors (Lipinski definition) is 2. The Morgan fingerprint density at radius 3 is 2.05 bits per heavy atom. The molecule has 3 rings (SSSR count).